The van der Waals surface area contributed by atoms with E-state index in [1.54, 1.807) is 6.07 Å². The summed E-state index contributed by atoms with van der Waals surface area (Å²) in [5.74, 6) is 0.210. The third kappa shape index (κ3) is 3.58. The zero-order chi connectivity index (χ0) is 11.3. The van der Waals surface area contributed by atoms with Gasteiger partial charge in [-0.2, -0.15) is 0 Å². The van der Waals surface area contributed by atoms with E-state index in [-0.39, 0.29) is 5.97 Å². The van der Waals surface area contributed by atoms with Crippen LogP contribution in [0.4, 0.5) is 0 Å². The Morgan fingerprint density at radius 1 is 1.40 bits per heavy atom. The largest absolute Gasteiger partial charge is 0.465 e. The van der Waals surface area contributed by atoms with Crippen LogP contribution in [-0.4, -0.2) is 13.1 Å². The third-order valence-electron chi connectivity index (χ3n) is 1.98. The zero-order valence-corrected chi connectivity index (χ0v) is 9.36. The average molecular weight is 204 g/mol. The Hall–Kier alpha value is -1.57. The molecule has 0 saturated heterocycles. The van der Waals surface area contributed by atoms with Gasteiger partial charge in [0, 0.05) is 0 Å². The molecule has 0 saturated carbocycles. The fourth-order valence-corrected chi connectivity index (χ4v) is 1.19. The SMILES string of the molecule is COC(=O)c1cccc(/C=C/C(C)C)c1. The number of hydrogen-bond acceptors (Lipinski definition) is 2. The molecule has 0 radical (unpaired) electrons. The Morgan fingerprint density at radius 2 is 2.13 bits per heavy atom. The topological polar surface area (TPSA) is 26.3 Å². The lowest BCUT2D eigenvalue weighted by atomic mass is 10.1. The second-order valence-corrected chi connectivity index (χ2v) is 3.72. The summed E-state index contributed by atoms with van der Waals surface area (Å²) in [5, 5.41) is 0. The van der Waals surface area contributed by atoms with Gasteiger partial charge < -0.3 is 4.74 Å². The Bertz CT molecular complexity index is 365. The van der Waals surface area contributed by atoms with E-state index in [4.69, 9.17) is 0 Å². The summed E-state index contributed by atoms with van der Waals surface area (Å²) in [5.41, 5.74) is 1.61. The van der Waals surface area contributed by atoms with Gasteiger partial charge in [-0.15, -0.1) is 0 Å². The number of ether oxygens (including phenoxy) is 1. The van der Waals surface area contributed by atoms with Crippen LogP contribution in [0.5, 0.6) is 0 Å². The van der Waals surface area contributed by atoms with Gasteiger partial charge in [-0.05, 0) is 23.6 Å². The molecule has 0 bridgehead atoms. The maximum absolute atomic E-state index is 11.3. The zero-order valence-electron chi connectivity index (χ0n) is 9.36. The predicted octanol–water partition coefficient (Wildman–Crippen LogP) is 3.14. The van der Waals surface area contributed by atoms with E-state index < -0.39 is 0 Å². The van der Waals surface area contributed by atoms with Gasteiger partial charge in [0.2, 0.25) is 0 Å². The summed E-state index contributed by atoms with van der Waals surface area (Å²) in [6, 6.07) is 7.39. The van der Waals surface area contributed by atoms with Crippen molar-refractivity contribution in [1.29, 1.82) is 0 Å². The Kier molecular flexibility index (Phi) is 4.10. The first kappa shape index (κ1) is 11.5. The van der Waals surface area contributed by atoms with Crippen molar-refractivity contribution in [2.45, 2.75) is 13.8 Å². The van der Waals surface area contributed by atoms with E-state index in [2.05, 4.69) is 24.7 Å². The van der Waals surface area contributed by atoms with Crippen molar-refractivity contribution in [2.24, 2.45) is 5.92 Å². The first-order chi connectivity index (χ1) is 7.13. The van der Waals surface area contributed by atoms with Gasteiger partial charge in [-0.1, -0.05) is 38.1 Å². The third-order valence-corrected chi connectivity index (χ3v) is 1.98. The standard InChI is InChI=1S/C13H16O2/c1-10(2)7-8-11-5-4-6-12(9-11)13(14)15-3/h4-10H,1-3H3/b8-7+. The second-order valence-electron chi connectivity index (χ2n) is 3.72. The molecule has 0 heterocycles. The molecular formula is C13H16O2. The van der Waals surface area contributed by atoms with Crippen molar-refractivity contribution in [3.63, 3.8) is 0 Å². The molecule has 2 heteroatoms. The van der Waals surface area contributed by atoms with Gasteiger partial charge in [-0.3, -0.25) is 0 Å². The molecule has 0 aliphatic rings. The molecule has 0 amide bonds. The Morgan fingerprint density at radius 3 is 2.73 bits per heavy atom. The molecule has 80 valence electrons. The van der Waals surface area contributed by atoms with Gasteiger partial charge >= 0.3 is 5.97 Å². The molecule has 0 unspecified atom stereocenters. The highest BCUT2D eigenvalue weighted by Gasteiger charge is 2.03. The number of carbonyl (C=O) groups excluding carboxylic acids is 1. The monoisotopic (exact) mass is 204 g/mol. The number of esters is 1. The normalized spacial score (nSPS) is 10.9. The average Bonchev–Trinajstić information content (AvgIpc) is 2.25. The van der Waals surface area contributed by atoms with Crippen LogP contribution in [0.3, 0.4) is 0 Å². The molecule has 2 nitrogen and oxygen atoms in total. The van der Waals surface area contributed by atoms with Crippen LogP contribution >= 0.6 is 0 Å². The van der Waals surface area contributed by atoms with Crippen LogP contribution in [0, 0.1) is 5.92 Å². The molecule has 1 rings (SSSR count). The van der Waals surface area contributed by atoms with Crippen LogP contribution in [0.2, 0.25) is 0 Å². The molecule has 1 aromatic carbocycles. The summed E-state index contributed by atoms with van der Waals surface area (Å²) in [6.45, 7) is 4.22. The van der Waals surface area contributed by atoms with E-state index in [0.717, 1.165) is 5.56 Å². The van der Waals surface area contributed by atoms with E-state index in [1.807, 2.05) is 24.3 Å². The van der Waals surface area contributed by atoms with Gasteiger partial charge in [0.15, 0.2) is 0 Å². The molecule has 0 aromatic heterocycles. The van der Waals surface area contributed by atoms with Crippen LogP contribution < -0.4 is 0 Å². The van der Waals surface area contributed by atoms with Gasteiger partial charge in [0.25, 0.3) is 0 Å². The quantitative estimate of drug-likeness (QED) is 0.707. The smallest absolute Gasteiger partial charge is 0.337 e. The minimum absolute atomic E-state index is 0.296. The Balaban J connectivity index is 2.88. The minimum Gasteiger partial charge on any atom is -0.465 e. The maximum Gasteiger partial charge on any atom is 0.337 e. The lowest BCUT2D eigenvalue weighted by Crippen LogP contribution is -2.00. The summed E-state index contributed by atoms with van der Waals surface area (Å²) >= 11 is 0. The van der Waals surface area contributed by atoms with Crippen molar-refractivity contribution < 1.29 is 9.53 Å². The molecule has 0 atom stereocenters. The number of allylic oxidation sites excluding steroid dienone is 1. The highest BCUT2D eigenvalue weighted by molar-refractivity contribution is 5.89. The van der Waals surface area contributed by atoms with Crippen LogP contribution in [0.15, 0.2) is 30.3 Å². The van der Waals surface area contributed by atoms with E-state index in [0.29, 0.717) is 11.5 Å². The minimum atomic E-state index is -0.296. The highest BCUT2D eigenvalue weighted by Crippen LogP contribution is 2.09. The Labute approximate surface area is 90.6 Å². The first-order valence-corrected chi connectivity index (χ1v) is 5.00. The molecule has 1 aromatic rings. The van der Waals surface area contributed by atoms with Crippen LogP contribution in [-0.2, 0) is 4.74 Å². The molecule has 0 spiro atoms. The van der Waals surface area contributed by atoms with Gasteiger partial charge in [0.05, 0.1) is 12.7 Å². The number of hydrogen-bond donors (Lipinski definition) is 0. The number of carbonyl (C=O) groups is 1. The highest BCUT2D eigenvalue weighted by atomic mass is 16.5. The molecule has 15 heavy (non-hydrogen) atoms. The summed E-state index contributed by atoms with van der Waals surface area (Å²) in [7, 11) is 1.39. The summed E-state index contributed by atoms with van der Waals surface area (Å²) < 4.78 is 4.65. The van der Waals surface area contributed by atoms with Crippen molar-refractivity contribution in [2.75, 3.05) is 7.11 Å². The summed E-state index contributed by atoms with van der Waals surface area (Å²) in [4.78, 5) is 11.3. The number of methoxy groups -OCH3 is 1. The second kappa shape index (κ2) is 5.35. The van der Waals surface area contributed by atoms with Crippen molar-refractivity contribution in [1.82, 2.24) is 0 Å². The number of rotatable bonds is 3. The van der Waals surface area contributed by atoms with E-state index in [1.165, 1.54) is 7.11 Å². The lowest BCUT2D eigenvalue weighted by Gasteiger charge is -2.00. The van der Waals surface area contributed by atoms with E-state index in [9.17, 15) is 4.79 Å². The van der Waals surface area contributed by atoms with E-state index >= 15 is 0 Å². The molecule has 0 N–H and O–H groups in total. The molecule has 0 aliphatic heterocycles. The van der Waals surface area contributed by atoms with Crippen LogP contribution in [0.1, 0.15) is 29.8 Å². The first-order valence-electron chi connectivity index (χ1n) is 5.00. The number of benzene rings is 1. The molecular weight excluding hydrogens is 188 g/mol. The van der Waals surface area contributed by atoms with Crippen LogP contribution in [0.25, 0.3) is 6.08 Å². The van der Waals surface area contributed by atoms with Gasteiger partial charge in [-0.25, -0.2) is 4.79 Å². The molecule has 0 fully saturated rings. The summed E-state index contributed by atoms with van der Waals surface area (Å²) in [6.07, 6.45) is 4.10. The maximum atomic E-state index is 11.3. The molecule has 0 aliphatic carbocycles. The fourth-order valence-electron chi connectivity index (χ4n) is 1.19. The van der Waals surface area contributed by atoms with Crippen molar-refractivity contribution in [3.05, 3.63) is 41.5 Å². The van der Waals surface area contributed by atoms with Crippen molar-refractivity contribution >= 4 is 12.0 Å². The van der Waals surface area contributed by atoms with Crippen molar-refractivity contribution in [3.8, 4) is 0 Å². The predicted molar refractivity (Wildman–Crippen MR) is 61.7 cm³/mol. The van der Waals surface area contributed by atoms with Gasteiger partial charge in [0.1, 0.15) is 0 Å². The lowest BCUT2D eigenvalue weighted by molar-refractivity contribution is 0.0600. The fraction of sp³-hybridized carbons (Fsp3) is 0.308.